The summed E-state index contributed by atoms with van der Waals surface area (Å²) in [6.45, 7) is 1.65. The third-order valence-corrected chi connectivity index (χ3v) is 4.22. The maximum atomic E-state index is 13.5. The first-order chi connectivity index (χ1) is 9.42. The van der Waals surface area contributed by atoms with E-state index in [1.54, 1.807) is 19.1 Å². The average Bonchev–Trinajstić information content (AvgIpc) is 2.79. The number of halogens is 1. The van der Waals surface area contributed by atoms with Crippen LogP contribution in [0.15, 0.2) is 18.2 Å². The number of benzene rings is 1. The third kappa shape index (κ3) is 3.24. The Morgan fingerprint density at radius 2 is 1.90 bits per heavy atom. The molecule has 20 heavy (non-hydrogen) atoms. The molecular formula is C16H19FO3. The molecule has 3 nitrogen and oxygen atoms in total. The standard InChI is InChI=1S/C16H19FO3/c1-11-4-5-12(8-13(11)17)14(18)9-16(10-15(19)20)6-2-3-7-16/h4-5,8H,2-3,6-7,9-10H2,1H3,(H,19,20). The molecule has 0 aliphatic heterocycles. The third-order valence-electron chi connectivity index (χ3n) is 4.22. The van der Waals surface area contributed by atoms with E-state index in [0.717, 1.165) is 25.7 Å². The highest BCUT2D eigenvalue weighted by Gasteiger charge is 2.38. The Morgan fingerprint density at radius 1 is 1.25 bits per heavy atom. The zero-order valence-electron chi connectivity index (χ0n) is 11.6. The number of aliphatic carboxylic acids is 1. The molecule has 1 fully saturated rings. The average molecular weight is 278 g/mol. The summed E-state index contributed by atoms with van der Waals surface area (Å²) in [7, 11) is 0. The van der Waals surface area contributed by atoms with Crippen molar-refractivity contribution < 1.29 is 19.1 Å². The van der Waals surface area contributed by atoms with Gasteiger partial charge in [0.2, 0.25) is 0 Å². The zero-order valence-corrected chi connectivity index (χ0v) is 11.6. The lowest BCUT2D eigenvalue weighted by molar-refractivity contribution is -0.139. The molecule has 0 atom stereocenters. The first-order valence-electron chi connectivity index (χ1n) is 6.93. The Kier molecular flexibility index (Phi) is 4.21. The largest absolute Gasteiger partial charge is 0.481 e. The summed E-state index contributed by atoms with van der Waals surface area (Å²) in [4.78, 5) is 23.3. The van der Waals surface area contributed by atoms with Crippen LogP contribution in [0.1, 0.15) is 54.4 Å². The van der Waals surface area contributed by atoms with Gasteiger partial charge in [-0.1, -0.05) is 25.0 Å². The highest BCUT2D eigenvalue weighted by Crippen LogP contribution is 2.44. The highest BCUT2D eigenvalue weighted by molar-refractivity contribution is 5.96. The first-order valence-corrected chi connectivity index (χ1v) is 6.93. The smallest absolute Gasteiger partial charge is 0.303 e. The molecule has 1 aromatic rings. The van der Waals surface area contributed by atoms with Crippen molar-refractivity contribution in [2.45, 2.75) is 45.4 Å². The number of ketones is 1. The van der Waals surface area contributed by atoms with E-state index in [2.05, 4.69) is 0 Å². The summed E-state index contributed by atoms with van der Waals surface area (Å²) in [6, 6.07) is 4.45. The van der Waals surface area contributed by atoms with Crippen molar-refractivity contribution in [3.63, 3.8) is 0 Å². The molecule has 2 rings (SSSR count). The van der Waals surface area contributed by atoms with Gasteiger partial charge in [0, 0.05) is 12.0 Å². The van der Waals surface area contributed by atoms with Gasteiger partial charge in [-0.15, -0.1) is 0 Å². The first kappa shape index (κ1) is 14.7. The lowest BCUT2D eigenvalue weighted by Crippen LogP contribution is -2.24. The Hall–Kier alpha value is -1.71. The second-order valence-corrected chi connectivity index (χ2v) is 5.84. The van der Waals surface area contributed by atoms with Crippen molar-refractivity contribution in [3.05, 3.63) is 35.1 Å². The molecule has 0 radical (unpaired) electrons. The van der Waals surface area contributed by atoms with E-state index in [9.17, 15) is 14.0 Å². The molecule has 4 heteroatoms. The van der Waals surface area contributed by atoms with Crippen molar-refractivity contribution >= 4 is 11.8 Å². The van der Waals surface area contributed by atoms with Crippen LogP contribution in [0.2, 0.25) is 0 Å². The van der Waals surface area contributed by atoms with Gasteiger partial charge in [-0.25, -0.2) is 4.39 Å². The van der Waals surface area contributed by atoms with E-state index in [1.165, 1.54) is 6.07 Å². The Labute approximate surface area is 117 Å². The highest BCUT2D eigenvalue weighted by atomic mass is 19.1. The van der Waals surface area contributed by atoms with Gasteiger partial charge in [0.1, 0.15) is 5.82 Å². The molecule has 1 aromatic carbocycles. The van der Waals surface area contributed by atoms with Crippen molar-refractivity contribution in [1.82, 2.24) is 0 Å². The minimum atomic E-state index is -0.866. The van der Waals surface area contributed by atoms with Gasteiger partial charge in [-0.2, -0.15) is 0 Å². The number of Topliss-reactive ketones (excluding diaryl/α,β-unsaturated/α-hetero) is 1. The minimum Gasteiger partial charge on any atom is -0.481 e. The maximum Gasteiger partial charge on any atom is 0.303 e. The van der Waals surface area contributed by atoms with Crippen LogP contribution in [0, 0.1) is 18.2 Å². The van der Waals surface area contributed by atoms with Crippen LogP contribution in [-0.2, 0) is 4.79 Å². The van der Waals surface area contributed by atoms with Crippen molar-refractivity contribution in [2.24, 2.45) is 5.41 Å². The molecule has 1 saturated carbocycles. The molecule has 0 aromatic heterocycles. The van der Waals surface area contributed by atoms with Crippen molar-refractivity contribution in [1.29, 1.82) is 0 Å². The number of hydrogen-bond acceptors (Lipinski definition) is 2. The molecule has 1 aliphatic rings. The van der Waals surface area contributed by atoms with Crippen LogP contribution < -0.4 is 0 Å². The summed E-state index contributed by atoms with van der Waals surface area (Å²) >= 11 is 0. The van der Waals surface area contributed by atoms with Crippen LogP contribution >= 0.6 is 0 Å². The summed E-state index contributed by atoms with van der Waals surface area (Å²) in [5, 5.41) is 9.03. The number of carbonyl (C=O) groups excluding carboxylic acids is 1. The molecule has 108 valence electrons. The lowest BCUT2D eigenvalue weighted by Gasteiger charge is -2.26. The zero-order chi connectivity index (χ0) is 14.8. The van der Waals surface area contributed by atoms with Crippen molar-refractivity contribution in [2.75, 3.05) is 0 Å². The number of aryl methyl sites for hydroxylation is 1. The van der Waals surface area contributed by atoms with E-state index in [0.29, 0.717) is 11.1 Å². The Balaban J connectivity index is 2.16. The SMILES string of the molecule is Cc1ccc(C(=O)CC2(CC(=O)O)CCCC2)cc1F. The van der Waals surface area contributed by atoms with Gasteiger partial charge in [0.25, 0.3) is 0 Å². The molecular weight excluding hydrogens is 259 g/mol. The quantitative estimate of drug-likeness (QED) is 0.835. The predicted octanol–water partition coefficient (Wildman–Crippen LogP) is 3.74. The molecule has 0 heterocycles. The fourth-order valence-corrected chi connectivity index (χ4v) is 3.07. The van der Waals surface area contributed by atoms with Crippen LogP contribution in [0.4, 0.5) is 4.39 Å². The normalized spacial score (nSPS) is 17.1. The van der Waals surface area contributed by atoms with Crippen LogP contribution in [0.5, 0.6) is 0 Å². The van der Waals surface area contributed by atoms with E-state index < -0.39 is 17.2 Å². The van der Waals surface area contributed by atoms with Gasteiger partial charge < -0.3 is 5.11 Å². The number of carboxylic acids is 1. The van der Waals surface area contributed by atoms with Gasteiger partial charge >= 0.3 is 5.97 Å². The molecule has 0 unspecified atom stereocenters. The van der Waals surface area contributed by atoms with Crippen LogP contribution in [0.3, 0.4) is 0 Å². The van der Waals surface area contributed by atoms with Crippen LogP contribution in [0.25, 0.3) is 0 Å². The number of carbonyl (C=O) groups is 2. The predicted molar refractivity (Wildman–Crippen MR) is 73.2 cm³/mol. The number of hydrogen-bond donors (Lipinski definition) is 1. The Morgan fingerprint density at radius 3 is 2.45 bits per heavy atom. The maximum absolute atomic E-state index is 13.5. The minimum absolute atomic E-state index is 0.0209. The van der Waals surface area contributed by atoms with Gasteiger partial charge in [0.15, 0.2) is 5.78 Å². The molecule has 0 bridgehead atoms. The summed E-state index contributed by atoms with van der Waals surface area (Å²) in [6.07, 6.45) is 3.67. The topological polar surface area (TPSA) is 54.4 Å². The number of carboxylic acid groups (broad SMARTS) is 1. The van der Waals surface area contributed by atoms with E-state index in [4.69, 9.17) is 5.11 Å². The summed E-state index contributed by atoms with van der Waals surface area (Å²) in [5.74, 6) is -1.42. The summed E-state index contributed by atoms with van der Waals surface area (Å²) < 4.78 is 13.5. The lowest BCUT2D eigenvalue weighted by atomic mass is 9.77. The fourth-order valence-electron chi connectivity index (χ4n) is 3.07. The van der Waals surface area contributed by atoms with E-state index in [1.807, 2.05) is 0 Å². The van der Waals surface area contributed by atoms with E-state index in [-0.39, 0.29) is 18.6 Å². The van der Waals surface area contributed by atoms with E-state index >= 15 is 0 Å². The van der Waals surface area contributed by atoms with Gasteiger partial charge in [-0.3, -0.25) is 9.59 Å². The van der Waals surface area contributed by atoms with Crippen LogP contribution in [-0.4, -0.2) is 16.9 Å². The second kappa shape index (κ2) is 5.73. The summed E-state index contributed by atoms with van der Waals surface area (Å²) in [5.41, 5.74) is 0.400. The molecule has 1 aliphatic carbocycles. The van der Waals surface area contributed by atoms with Gasteiger partial charge in [-0.05, 0) is 36.8 Å². The molecule has 0 spiro atoms. The van der Waals surface area contributed by atoms with Crippen molar-refractivity contribution in [3.8, 4) is 0 Å². The number of rotatable bonds is 5. The fraction of sp³-hybridized carbons (Fsp3) is 0.500. The molecule has 0 saturated heterocycles. The second-order valence-electron chi connectivity index (χ2n) is 5.84. The molecule has 1 N–H and O–H groups in total. The Bertz CT molecular complexity index is 531. The monoisotopic (exact) mass is 278 g/mol. The van der Waals surface area contributed by atoms with Gasteiger partial charge in [0.05, 0.1) is 6.42 Å². The molecule has 0 amide bonds.